The zero-order chi connectivity index (χ0) is 24.5. The molecule has 1 aliphatic heterocycles. The molecule has 1 aliphatic rings. The van der Waals surface area contributed by atoms with Gasteiger partial charge in [0, 0.05) is 51.8 Å². The van der Waals surface area contributed by atoms with Crippen LogP contribution >= 0.6 is 0 Å². The Balaban J connectivity index is 1.21. The fourth-order valence-electron chi connectivity index (χ4n) is 3.98. The van der Waals surface area contributed by atoms with Crippen LogP contribution in [0, 0.1) is 0 Å². The minimum Gasteiger partial charge on any atom is -0.427 e. The molecule has 3 aromatic carbocycles. The van der Waals surface area contributed by atoms with Crippen molar-refractivity contribution in [2.24, 2.45) is 5.10 Å². The number of ether oxygens (including phenoxy) is 1. The molecular formula is C28H30N4O3. The molecule has 7 nitrogen and oxygen atoms in total. The van der Waals surface area contributed by atoms with E-state index in [2.05, 4.69) is 50.7 Å². The Morgan fingerprint density at radius 1 is 0.829 bits per heavy atom. The van der Waals surface area contributed by atoms with Crippen molar-refractivity contribution in [2.75, 3.05) is 26.2 Å². The molecule has 0 unspecified atom stereocenters. The number of amides is 1. The maximum absolute atomic E-state index is 12.4. The van der Waals surface area contributed by atoms with E-state index in [1.54, 1.807) is 30.5 Å². The fraction of sp³-hybridized carbons (Fsp3) is 0.250. The molecule has 180 valence electrons. The van der Waals surface area contributed by atoms with E-state index in [0.717, 1.165) is 44.8 Å². The van der Waals surface area contributed by atoms with Crippen LogP contribution in [0.25, 0.3) is 0 Å². The molecule has 1 saturated heterocycles. The zero-order valence-electron chi connectivity index (χ0n) is 19.9. The van der Waals surface area contributed by atoms with E-state index in [-0.39, 0.29) is 11.9 Å². The Kier molecular flexibility index (Phi) is 8.38. The number of hydrogen-bond donors (Lipinski definition) is 1. The second-order valence-corrected chi connectivity index (χ2v) is 8.60. The van der Waals surface area contributed by atoms with Crippen LogP contribution in [0.2, 0.25) is 0 Å². The van der Waals surface area contributed by atoms with Crippen LogP contribution in [0.1, 0.15) is 34.0 Å². The van der Waals surface area contributed by atoms with Gasteiger partial charge in [-0.15, -0.1) is 0 Å². The van der Waals surface area contributed by atoms with Crippen molar-refractivity contribution in [3.05, 3.63) is 101 Å². The first-order valence-corrected chi connectivity index (χ1v) is 11.7. The van der Waals surface area contributed by atoms with Crippen LogP contribution in [0.5, 0.6) is 5.75 Å². The summed E-state index contributed by atoms with van der Waals surface area (Å²) in [7, 11) is 0. The number of esters is 1. The molecule has 35 heavy (non-hydrogen) atoms. The smallest absolute Gasteiger partial charge is 0.308 e. The summed E-state index contributed by atoms with van der Waals surface area (Å²) in [5.74, 6) is -0.169. The Morgan fingerprint density at radius 2 is 1.40 bits per heavy atom. The van der Waals surface area contributed by atoms with Crippen molar-refractivity contribution in [1.29, 1.82) is 0 Å². The molecule has 3 aromatic rings. The SMILES string of the molecule is CC(=O)Oc1ccc(/C=N\NC(=O)c2ccc(CN3CCN(Cc4ccccc4)CC3)cc2)cc1. The van der Waals surface area contributed by atoms with Gasteiger partial charge in [-0.1, -0.05) is 42.5 Å². The number of carbonyl (C=O) groups is 2. The highest BCUT2D eigenvalue weighted by atomic mass is 16.5. The molecule has 0 spiro atoms. The molecule has 0 bridgehead atoms. The monoisotopic (exact) mass is 470 g/mol. The van der Waals surface area contributed by atoms with E-state index in [1.165, 1.54) is 18.1 Å². The number of rotatable bonds is 8. The molecular weight excluding hydrogens is 440 g/mol. The number of carbonyl (C=O) groups excluding carboxylic acids is 2. The van der Waals surface area contributed by atoms with Gasteiger partial charge in [-0.05, 0) is 53.1 Å². The van der Waals surface area contributed by atoms with Gasteiger partial charge in [-0.2, -0.15) is 5.10 Å². The van der Waals surface area contributed by atoms with Crippen molar-refractivity contribution in [2.45, 2.75) is 20.0 Å². The third-order valence-electron chi connectivity index (χ3n) is 5.86. The maximum Gasteiger partial charge on any atom is 0.308 e. The number of nitrogens with zero attached hydrogens (tertiary/aromatic N) is 3. The summed E-state index contributed by atoms with van der Waals surface area (Å²) in [6, 6.07) is 25.1. The molecule has 4 rings (SSSR count). The number of hydrogen-bond acceptors (Lipinski definition) is 6. The second-order valence-electron chi connectivity index (χ2n) is 8.60. The van der Waals surface area contributed by atoms with Gasteiger partial charge >= 0.3 is 5.97 Å². The van der Waals surface area contributed by atoms with Crippen LogP contribution < -0.4 is 10.2 Å². The van der Waals surface area contributed by atoms with Gasteiger partial charge in [0.25, 0.3) is 5.91 Å². The minimum absolute atomic E-state index is 0.265. The Labute approximate surface area is 206 Å². The number of benzene rings is 3. The molecule has 7 heteroatoms. The number of hydrazone groups is 1. The van der Waals surface area contributed by atoms with Gasteiger partial charge in [0.05, 0.1) is 6.21 Å². The van der Waals surface area contributed by atoms with Crippen LogP contribution in [0.15, 0.2) is 84.0 Å². The summed E-state index contributed by atoms with van der Waals surface area (Å²) in [5, 5.41) is 4.02. The molecule has 0 atom stereocenters. The molecule has 1 amide bonds. The van der Waals surface area contributed by atoms with Gasteiger partial charge in [0.1, 0.15) is 5.75 Å². The molecule has 1 heterocycles. The summed E-state index contributed by atoms with van der Waals surface area (Å²) in [4.78, 5) is 28.3. The highest BCUT2D eigenvalue weighted by Crippen LogP contribution is 2.13. The van der Waals surface area contributed by atoms with Crippen LogP contribution in [-0.4, -0.2) is 54.1 Å². The van der Waals surface area contributed by atoms with Crippen molar-refractivity contribution in [3.63, 3.8) is 0 Å². The summed E-state index contributed by atoms with van der Waals surface area (Å²) in [6.45, 7) is 7.41. The Hall–Kier alpha value is -3.81. The van der Waals surface area contributed by atoms with Gasteiger partial charge < -0.3 is 4.74 Å². The van der Waals surface area contributed by atoms with E-state index < -0.39 is 0 Å². The molecule has 0 aliphatic carbocycles. The van der Waals surface area contributed by atoms with Crippen LogP contribution in [0.4, 0.5) is 0 Å². The first kappa shape index (κ1) is 24.3. The average Bonchev–Trinajstić information content (AvgIpc) is 2.87. The van der Waals surface area contributed by atoms with E-state index in [9.17, 15) is 9.59 Å². The van der Waals surface area contributed by atoms with Gasteiger partial charge in [-0.3, -0.25) is 19.4 Å². The molecule has 1 N–H and O–H groups in total. The van der Waals surface area contributed by atoms with Crippen molar-refractivity contribution < 1.29 is 14.3 Å². The number of nitrogens with one attached hydrogen (secondary N) is 1. The van der Waals surface area contributed by atoms with E-state index in [0.29, 0.717) is 11.3 Å². The molecule has 0 radical (unpaired) electrons. The lowest BCUT2D eigenvalue weighted by atomic mass is 10.1. The number of piperazine rings is 1. The molecule has 1 fully saturated rings. The van der Waals surface area contributed by atoms with Crippen LogP contribution in [-0.2, 0) is 17.9 Å². The Morgan fingerprint density at radius 3 is 1.97 bits per heavy atom. The van der Waals surface area contributed by atoms with Gasteiger partial charge in [0.15, 0.2) is 0 Å². The first-order chi connectivity index (χ1) is 17.0. The van der Waals surface area contributed by atoms with Crippen LogP contribution in [0.3, 0.4) is 0 Å². The topological polar surface area (TPSA) is 74.2 Å². The van der Waals surface area contributed by atoms with E-state index in [1.807, 2.05) is 24.3 Å². The van der Waals surface area contributed by atoms with E-state index >= 15 is 0 Å². The van der Waals surface area contributed by atoms with Crippen molar-refractivity contribution >= 4 is 18.1 Å². The highest BCUT2D eigenvalue weighted by Gasteiger charge is 2.17. The molecule has 0 aromatic heterocycles. The maximum atomic E-state index is 12.4. The van der Waals surface area contributed by atoms with Gasteiger partial charge in [-0.25, -0.2) is 5.43 Å². The van der Waals surface area contributed by atoms with Crippen molar-refractivity contribution in [3.8, 4) is 5.75 Å². The normalized spacial score (nSPS) is 14.7. The largest absolute Gasteiger partial charge is 0.427 e. The predicted octanol–water partition coefficient (Wildman–Crippen LogP) is 3.69. The van der Waals surface area contributed by atoms with Crippen molar-refractivity contribution in [1.82, 2.24) is 15.2 Å². The predicted molar refractivity (Wildman–Crippen MR) is 136 cm³/mol. The third kappa shape index (κ3) is 7.60. The summed E-state index contributed by atoms with van der Waals surface area (Å²) in [5.41, 5.74) is 6.43. The average molecular weight is 471 g/mol. The summed E-state index contributed by atoms with van der Waals surface area (Å²) < 4.78 is 5.00. The van der Waals surface area contributed by atoms with Gasteiger partial charge in [0.2, 0.25) is 0 Å². The first-order valence-electron chi connectivity index (χ1n) is 11.7. The summed E-state index contributed by atoms with van der Waals surface area (Å²) >= 11 is 0. The highest BCUT2D eigenvalue weighted by molar-refractivity contribution is 5.94. The lowest BCUT2D eigenvalue weighted by molar-refractivity contribution is -0.131. The summed E-state index contributed by atoms with van der Waals surface area (Å²) in [6.07, 6.45) is 1.54. The quantitative estimate of drug-likeness (QED) is 0.235. The standard InChI is InChI=1S/C28H30N4O3/c1-22(33)35-27-13-9-23(10-14-27)19-29-30-28(34)26-11-7-25(8-12-26)21-32-17-15-31(16-18-32)20-24-5-3-2-4-6-24/h2-14,19H,15-18,20-21H2,1H3,(H,30,34)/b29-19-. The van der Waals surface area contributed by atoms with E-state index in [4.69, 9.17) is 4.74 Å². The second kappa shape index (κ2) is 12.1. The minimum atomic E-state index is -0.369. The molecule has 0 saturated carbocycles. The lowest BCUT2D eigenvalue weighted by Crippen LogP contribution is -2.45. The third-order valence-corrected chi connectivity index (χ3v) is 5.86. The fourth-order valence-corrected chi connectivity index (χ4v) is 3.98. The Bertz CT molecular complexity index is 1140. The lowest BCUT2D eigenvalue weighted by Gasteiger charge is -2.34. The zero-order valence-corrected chi connectivity index (χ0v) is 19.9.